The van der Waals surface area contributed by atoms with Crippen LogP contribution in [0.5, 0.6) is 0 Å². The number of rotatable bonds is 3. The van der Waals surface area contributed by atoms with E-state index in [4.69, 9.17) is 5.84 Å². The predicted molar refractivity (Wildman–Crippen MR) is 63.9 cm³/mol. The molecule has 8 heteroatoms. The van der Waals surface area contributed by atoms with Crippen LogP contribution in [0.2, 0.25) is 0 Å². The zero-order valence-corrected chi connectivity index (χ0v) is 10.3. The van der Waals surface area contributed by atoms with Gasteiger partial charge in [0.1, 0.15) is 5.65 Å². The van der Waals surface area contributed by atoms with Crippen LogP contribution in [0.25, 0.3) is 5.65 Å². The molecule has 0 aromatic carbocycles. The van der Waals surface area contributed by atoms with Crippen molar-refractivity contribution in [2.24, 2.45) is 5.84 Å². The van der Waals surface area contributed by atoms with Crippen molar-refractivity contribution in [3.05, 3.63) is 24.4 Å². The molecule has 2 rings (SSSR count). The molecule has 0 radical (unpaired) electrons. The molecule has 0 aliphatic heterocycles. The molecular formula is C9H13N5O2S. The van der Waals surface area contributed by atoms with Crippen molar-refractivity contribution in [3.8, 4) is 0 Å². The van der Waals surface area contributed by atoms with Crippen LogP contribution in [0.3, 0.4) is 0 Å². The molecule has 0 aliphatic rings. The van der Waals surface area contributed by atoms with Crippen molar-refractivity contribution in [1.29, 1.82) is 0 Å². The summed E-state index contributed by atoms with van der Waals surface area (Å²) in [5.41, 5.74) is 2.82. The van der Waals surface area contributed by atoms with Gasteiger partial charge in [0.15, 0.2) is 5.82 Å². The van der Waals surface area contributed by atoms with Crippen LogP contribution in [0, 0.1) is 0 Å². The van der Waals surface area contributed by atoms with Crippen LogP contribution in [-0.4, -0.2) is 36.2 Å². The average Bonchev–Trinajstić information content (AvgIpc) is 2.67. The fourth-order valence-corrected chi connectivity index (χ4v) is 2.58. The van der Waals surface area contributed by atoms with Gasteiger partial charge >= 0.3 is 0 Å². The fourth-order valence-electron chi connectivity index (χ4n) is 1.49. The van der Waals surface area contributed by atoms with E-state index >= 15 is 0 Å². The van der Waals surface area contributed by atoms with E-state index in [0.717, 1.165) is 4.31 Å². The number of pyridine rings is 1. The molecule has 0 fully saturated rings. The molecule has 0 amide bonds. The number of hydrogen-bond donors (Lipinski definition) is 2. The van der Waals surface area contributed by atoms with Crippen LogP contribution in [0.15, 0.2) is 29.4 Å². The standard InChI is InChI=1S/C9H13N5O2S/c1-13(2)17(15,16)9-8(12-10)11-7-5-3-4-6-14(7)9/h3-6,12H,10H2,1-2H3. The first-order chi connectivity index (χ1) is 7.98. The summed E-state index contributed by atoms with van der Waals surface area (Å²) < 4.78 is 26.9. The maximum Gasteiger partial charge on any atom is 0.262 e. The Morgan fingerprint density at radius 1 is 1.41 bits per heavy atom. The van der Waals surface area contributed by atoms with Gasteiger partial charge < -0.3 is 5.43 Å². The Labute approximate surface area is 98.9 Å². The molecule has 2 aromatic heterocycles. The molecule has 92 valence electrons. The molecule has 17 heavy (non-hydrogen) atoms. The number of imidazole rings is 1. The molecule has 0 spiro atoms. The van der Waals surface area contributed by atoms with Crippen LogP contribution in [0.1, 0.15) is 0 Å². The molecule has 3 N–H and O–H groups in total. The summed E-state index contributed by atoms with van der Waals surface area (Å²) >= 11 is 0. The average molecular weight is 255 g/mol. The van der Waals surface area contributed by atoms with Crippen LogP contribution >= 0.6 is 0 Å². The highest BCUT2D eigenvalue weighted by Crippen LogP contribution is 2.23. The van der Waals surface area contributed by atoms with Gasteiger partial charge in [0.25, 0.3) is 10.0 Å². The molecule has 0 unspecified atom stereocenters. The summed E-state index contributed by atoms with van der Waals surface area (Å²) in [6, 6.07) is 5.20. The predicted octanol–water partition coefficient (Wildman–Crippen LogP) is -0.130. The van der Waals surface area contributed by atoms with E-state index in [9.17, 15) is 8.42 Å². The molecule has 0 saturated carbocycles. The molecule has 7 nitrogen and oxygen atoms in total. The third kappa shape index (κ3) is 1.75. The first-order valence-electron chi connectivity index (χ1n) is 4.84. The van der Waals surface area contributed by atoms with Gasteiger partial charge in [-0.15, -0.1) is 0 Å². The number of hydrogen-bond acceptors (Lipinski definition) is 5. The maximum absolute atomic E-state index is 12.2. The van der Waals surface area contributed by atoms with E-state index in [-0.39, 0.29) is 10.8 Å². The van der Waals surface area contributed by atoms with E-state index in [1.165, 1.54) is 18.5 Å². The Balaban J connectivity index is 2.84. The largest absolute Gasteiger partial charge is 0.306 e. The number of hydrazine groups is 1. The molecule has 0 atom stereocenters. The Morgan fingerprint density at radius 3 is 2.71 bits per heavy atom. The summed E-state index contributed by atoms with van der Waals surface area (Å²) in [7, 11) is -0.699. The number of fused-ring (bicyclic) bond motifs is 1. The van der Waals surface area contributed by atoms with Crippen LogP contribution in [0.4, 0.5) is 5.82 Å². The number of anilines is 1. The van der Waals surface area contributed by atoms with E-state index in [2.05, 4.69) is 10.4 Å². The van der Waals surface area contributed by atoms with Crippen molar-refractivity contribution < 1.29 is 8.42 Å². The lowest BCUT2D eigenvalue weighted by Crippen LogP contribution is -2.25. The minimum absolute atomic E-state index is 0.0283. The van der Waals surface area contributed by atoms with Crippen molar-refractivity contribution in [1.82, 2.24) is 13.7 Å². The lowest BCUT2D eigenvalue weighted by atomic mass is 10.5. The van der Waals surface area contributed by atoms with E-state index in [1.54, 1.807) is 24.4 Å². The fraction of sp³-hybridized carbons (Fsp3) is 0.222. The van der Waals surface area contributed by atoms with Gasteiger partial charge in [-0.3, -0.25) is 4.40 Å². The summed E-state index contributed by atoms with van der Waals surface area (Å²) in [5.74, 6) is 5.43. The van der Waals surface area contributed by atoms with Crippen molar-refractivity contribution >= 4 is 21.5 Å². The minimum Gasteiger partial charge on any atom is -0.306 e. The first kappa shape index (κ1) is 11.8. The number of nitrogens with zero attached hydrogens (tertiary/aromatic N) is 3. The smallest absolute Gasteiger partial charge is 0.262 e. The highest BCUT2D eigenvalue weighted by molar-refractivity contribution is 7.89. The number of nitrogens with two attached hydrogens (primary N) is 1. The Kier molecular flexibility index (Phi) is 2.77. The first-order valence-corrected chi connectivity index (χ1v) is 6.28. The van der Waals surface area contributed by atoms with E-state index in [0.29, 0.717) is 5.65 Å². The van der Waals surface area contributed by atoms with Gasteiger partial charge in [-0.25, -0.2) is 23.5 Å². The van der Waals surface area contributed by atoms with E-state index in [1.807, 2.05) is 0 Å². The van der Waals surface area contributed by atoms with Gasteiger partial charge in [-0.1, -0.05) is 6.07 Å². The van der Waals surface area contributed by atoms with Crippen molar-refractivity contribution in [3.63, 3.8) is 0 Å². The Morgan fingerprint density at radius 2 is 2.12 bits per heavy atom. The van der Waals surface area contributed by atoms with E-state index < -0.39 is 10.0 Å². The van der Waals surface area contributed by atoms with Gasteiger partial charge in [-0.05, 0) is 12.1 Å². The molecule has 0 aliphatic carbocycles. The quantitative estimate of drug-likeness (QED) is 0.588. The molecule has 2 heterocycles. The number of nitrogen functional groups attached to an aromatic ring is 1. The lowest BCUT2D eigenvalue weighted by molar-refractivity contribution is 0.516. The number of aromatic nitrogens is 2. The summed E-state index contributed by atoms with van der Waals surface area (Å²) in [6.45, 7) is 0. The molecule has 2 aromatic rings. The number of nitrogens with one attached hydrogen (secondary N) is 1. The highest BCUT2D eigenvalue weighted by Gasteiger charge is 2.26. The lowest BCUT2D eigenvalue weighted by Gasteiger charge is -2.11. The monoisotopic (exact) mass is 255 g/mol. The van der Waals surface area contributed by atoms with Gasteiger partial charge in [0, 0.05) is 20.3 Å². The second-order valence-corrected chi connectivity index (χ2v) is 5.69. The SMILES string of the molecule is CN(C)S(=O)(=O)c1c(NN)nc2ccccn12. The zero-order chi connectivity index (χ0) is 12.6. The molecule has 0 saturated heterocycles. The maximum atomic E-state index is 12.2. The molecular weight excluding hydrogens is 242 g/mol. The topological polar surface area (TPSA) is 92.7 Å². The summed E-state index contributed by atoms with van der Waals surface area (Å²) in [6.07, 6.45) is 1.62. The third-order valence-corrected chi connectivity index (χ3v) is 4.19. The van der Waals surface area contributed by atoms with Crippen LogP contribution < -0.4 is 11.3 Å². The number of sulfonamides is 1. The summed E-state index contributed by atoms with van der Waals surface area (Å²) in [5, 5.41) is 0.0283. The van der Waals surface area contributed by atoms with Gasteiger partial charge in [0.05, 0.1) is 0 Å². The molecule has 0 bridgehead atoms. The van der Waals surface area contributed by atoms with Crippen molar-refractivity contribution in [2.45, 2.75) is 5.03 Å². The highest BCUT2D eigenvalue weighted by atomic mass is 32.2. The Bertz CT molecular complexity index is 646. The normalized spacial score (nSPS) is 12.2. The minimum atomic E-state index is -3.61. The second-order valence-electron chi connectivity index (χ2n) is 3.63. The van der Waals surface area contributed by atoms with Crippen LogP contribution in [-0.2, 0) is 10.0 Å². The zero-order valence-electron chi connectivity index (χ0n) is 9.45. The van der Waals surface area contributed by atoms with Gasteiger partial charge in [0.2, 0.25) is 5.03 Å². The Hall–Kier alpha value is -1.64. The third-order valence-electron chi connectivity index (χ3n) is 2.35. The summed E-state index contributed by atoms with van der Waals surface area (Å²) in [4.78, 5) is 4.10. The second kappa shape index (κ2) is 3.99. The van der Waals surface area contributed by atoms with Gasteiger partial charge in [-0.2, -0.15) is 0 Å². The van der Waals surface area contributed by atoms with Crippen molar-refractivity contribution in [2.75, 3.05) is 19.5 Å².